The molecule has 1 heterocycles. The van der Waals surface area contributed by atoms with Crippen molar-refractivity contribution in [2.75, 3.05) is 20.0 Å². The smallest absolute Gasteiger partial charge is 0.159 e. The van der Waals surface area contributed by atoms with E-state index in [0.29, 0.717) is 11.4 Å². The molecule has 4 heteroatoms. The molecule has 13 heavy (non-hydrogen) atoms. The van der Waals surface area contributed by atoms with Gasteiger partial charge < -0.3 is 14.8 Å². The third-order valence-corrected chi connectivity index (χ3v) is 3.47. The summed E-state index contributed by atoms with van der Waals surface area (Å²) in [5.74, 6) is 1.24. The molecule has 1 saturated heterocycles. The Morgan fingerprint density at radius 1 is 1.46 bits per heavy atom. The third kappa shape index (κ3) is 3.85. The van der Waals surface area contributed by atoms with Gasteiger partial charge in [0.1, 0.15) is 0 Å². The van der Waals surface area contributed by atoms with E-state index in [0.717, 1.165) is 6.42 Å². The molecular formula is C9H19NO2S. The largest absolute Gasteiger partial charge is 0.356 e. The second-order valence-electron chi connectivity index (χ2n) is 3.35. The van der Waals surface area contributed by atoms with E-state index in [2.05, 4.69) is 12.2 Å². The molecule has 3 nitrogen and oxygen atoms in total. The van der Waals surface area contributed by atoms with Crippen LogP contribution >= 0.6 is 11.8 Å². The van der Waals surface area contributed by atoms with Crippen molar-refractivity contribution in [3.05, 3.63) is 0 Å². The van der Waals surface area contributed by atoms with Crippen LogP contribution in [-0.4, -0.2) is 37.7 Å². The summed E-state index contributed by atoms with van der Waals surface area (Å²) in [6.45, 7) is 2.22. The van der Waals surface area contributed by atoms with Crippen LogP contribution in [0.2, 0.25) is 0 Å². The monoisotopic (exact) mass is 205 g/mol. The summed E-state index contributed by atoms with van der Waals surface area (Å²) < 4.78 is 10.3. The molecule has 0 aromatic carbocycles. The van der Waals surface area contributed by atoms with Crippen molar-refractivity contribution < 1.29 is 9.47 Å². The van der Waals surface area contributed by atoms with E-state index < -0.39 is 0 Å². The van der Waals surface area contributed by atoms with Crippen LogP contribution < -0.4 is 5.32 Å². The van der Waals surface area contributed by atoms with E-state index in [1.54, 1.807) is 14.2 Å². The van der Waals surface area contributed by atoms with Crippen molar-refractivity contribution in [1.29, 1.82) is 0 Å². The highest BCUT2D eigenvalue weighted by molar-refractivity contribution is 7.99. The van der Waals surface area contributed by atoms with Crippen LogP contribution in [0.4, 0.5) is 0 Å². The van der Waals surface area contributed by atoms with Gasteiger partial charge in [-0.1, -0.05) is 0 Å². The lowest BCUT2D eigenvalue weighted by Crippen LogP contribution is -2.41. The predicted octanol–water partition coefficient (Wildman–Crippen LogP) is 1.44. The number of thioether (sulfide) groups is 1. The molecule has 2 atom stereocenters. The van der Waals surface area contributed by atoms with Crippen LogP contribution in [0.5, 0.6) is 0 Å². The molecule has 1 aliphatic rings. The number of hydrogen-bond acceptors (Lipinski definition) is 4. The predicted molar refractivity (Wildman–Crippen MR) is 55.9 cm³/mol. The Hall–Kier alpha value is 0.230. The van der Waals surface area contributed by atoms with E-state index in [-0.39, 0.29) is 6.29 Å². The Morgan fingerprint density at radius 3 is 2.69 bits per heavy atom. The van der Waals surface area contributed by atoms with E-state index in [9.17, 15) is 0 Å². The first-order valence-corrected chi connectivity index (χ1v) is 5.74. The van der Waals surface area contributed by atoms with Crippen molar-refractivity contribution >= 4 is 11.8 Å². The summed E-state index contributed by atoms with van der Waals surface area (Å²) in [5, 5.41) is 4.00. The van der Waals surface area contributed by atoms with E-state index in [1.807, 2.05) is 11.8 Å². The molecule has 1 N–H and O–H groups in total. The number of ether oxygens (including phenoxy) is 2. The highest BCUT2D eigenvalue weighted by Crippen LogP contribution is 2.22. The highest BCUT2D eigenvalue weighted by atomic mass is 32.2. The minimum absolute atomic E-state index is 0.0738. The summed E-state index contributed by atoms with van der Waals surface area (Å²) in [4.78, 5) is 0. The Bertz CT molecular complexity index is 142. The fraction of sp³-hybridized carbons (Fsp3) is 1.00. The standard InChI is InChI=1S/C9H19NO2S/c1-7-4-5-13-8(10-7)6-9(11-2)12-3/h7-10H,4-6H2,1-3H3. The Balaban J connectivity index is 2.26. The highest BCUT2D eigenvalue weighted by Gasteiger charge is 2.21. The SMILES string of the molecule is COC(CC1NC(C)CCS1)OC. The van der Waals surface area contributed by atoms with Gasteiger partial charge in [-0.3, -0.25) is 0 Å². The van der Waals surface area contributed by atoms with Crippen molar-refractivity contribution in [2.45, 2.75) is 37.5 Å². The summed E-state index contributed by atoms with van der Waals surface area (Å²) in [7, 11) is 3.37. The van der Waals surface area contributed by atoms with Gasteiger partial charge in [-0.05, 0) is 19.1 Å². The molecule has 0 aromatic heterocycles. The van der Waals surface area contributed by atoms with E-state index >= 15 is 0 Å². The van der Waals surface area contributed by atoms with Gasteiger partial charge in [-0.2, -0.15) is 0 Å². The number of rotatable bonds is 4. The maximum absolute atomic E-state index is 5.16. The fourth-order valence-electron chi connectivity index (χ4n) is 1.44. The first kappa shape index (κ1) is 11.3. The average Bonchev–Trinajstić information content (AvgIpc) is 2.14. The van der Waals surface area contributed by atoms with Crippen molar-refractivity contribution in [3.63, 3.8) is 0 Å². The quantitative estimate of drug-likeness (QED) is 0.703. The fourth-order valence-corrected chi connectivity index (χ4v) is 2.83. The zero-order valence-electron chi connectivity index (χ0n) is 8.58. The molecule has 2 unspecified atom stereocenters. The third-order valence-electron chi connectivity index (χ3n) is 2.27. The molecule has 0 amide bonds. The van der Waals surface area contributed by atoms with E-state index in [1.165, 1.54) is 12.2 Å². The second-order valence-corrected chi connectivity index (χ2v) is 4.66. The van der Waals surface area contributed by atoms with Gasteiger partial charge in [0, 0.05) is 26.7 Å². The molecule has 0 radical (unpaired) electrons. The number of hydrogen-bond donors (Lipinski definition) is 1. The van der Waals surface area contributed by atoms with Crippen LogP contribution in [0, 0.1) is 0 Å². The summed E-state index contributed by atoms with van der Waals surface area (Å²) in [6.07, 6.45) is 2.10. The molecule has 0 spiro atoms. The average molecular weight is 205 g/mol. The molecule has 1 fully saturated rings. The summed E-state index contributed by atoms with van der Waals surface area (Å²) in [6, 6.07) is 0.626. The van der Waals surface area contributed by atoms with Crippen molar-refractivity contribution in [2.24, 2.45) is 0 Å². The number of nitrogens with one attached hydrogen (secondary N) is 1. The lowest BCUT2D eigenvalue weighted by molar-refractivity contribution is -0.107. The first-order chi connectivity index (χ1) is 6.26. The molecule has 1 aliphatic heterocycles. The number of methoxy groups -OCH3 is 2. The van der Waals surface area contributed by atoms with Gasteiger partial charge in [-0.25, -0.2) is 0 Å². The lowest BCUT2D eigenvalue weighted by atomic mass is 10.2. The summed E-state index contributed by atoms with van der Waals surface area (Å²) in [5.41, 5.74) is 0. The van der Waals surface area contributed by atoms with Crippen LogP contribution in [0.3, 0.4) is 0 Å². The maximum Gasteiger partial charge on any atom is 0.159 e. The minimum atomic E-state index is -0.0738. The van der Waals surface area contributed by atoms with E-state index in [4.69, 9.17) is 9.47 Å². The molecule has 0 saturated carbocycles. The van der Waals surface area contributed by atoms with Gasteiger partial charge >= 0.3 is 0 Å². The Kier molecular flexibility index (Phi) is 5.09. The van der Waals surface area contributed by atoms with Crippen molar-refractivity contribution in [1.82, 2.24) is 5.32 Å². The second kappa shape index (κ2) is 5.86. The topological polar surface area (TPSA) is 30.5 Å². The molecule has 78 valence electrons. The van der Waals surface area contributed by atoms with Gasteiger partial charge in [0.2, 0.25) is 0 Å². The van der Waals surface area contributed by atoms with Gasteiger partial charge in [0.05, 0.1) is 5.37 Å². The Morgan fingerprint density at radius 2 is 2.15 bits per heavy atom. The molecular weight excluding hydrogens is 186 g/mol. The van der Waals surface area contributed by atoms with Crippen LogP contribution in [0.25, 0.3) is 0 Å². The molecule has 0 bridgehead atoms. The normalized spacial score (nSPS) is 29.5. The zero-order chi connectivity index (χ0) is 9.68. The minimum Gasteiger partial charge on any atom is -0.356 e. The first-order valence-electron chi connectivity index (χ1n) is 4.69. The Labute approximate surface area is 84.6 Å². The zero-order valence-corrected chi connectivity index (χ0v) is 9.39. The maximum atomic E-state index is 5.16. The van der Waals surface area contributed by atoms with Crippen LogP contribution in [0.1, 0.15) is 19.8 Å². The van der Waals surface area contributed by atoms with Gasteiger partial charge in [0.15, 0.2) is 6.29 Å². The summed E-state index contributed by atoms with van der Waals surface area (Å²) >= 11 is 1.95. The molecule has 0 aromatic rings. The van der Waals surface area contributed by atoms with Crippen LogP contribution in [0.15, 0.2) is 0 Å². The van der Waals surface area contributed by atoms with Gasteiger partial charge in [0.25, 0.3) is 0 Å². The molecule has 0 aliphatic carbocycles. The van der Waals surface area contributed by atoms with Gasteiger partial charge in [-0.15, -0.1) is 11.8 Å². The molecule has 1 rings (SSSR count). The van der Waals surface area contributed by atoms with Crippen LogP contribution in [-0.2, 0) is 9.47 Å². The lowest BCUT2D eigenvalue weighted by Gasteiger charge is -2.30. The van der Waals surface area contributed by atoms with Crippen molar-refractivity contribution in [3.8, 4) is 0 Å².